The Morgan fingerprint density at radius 1 is 1.35 bits per heavy atom. The first-order valence-corrected chi connectivity index (χ1v) is 9.24. The monoisotopic (exact) mass is 360 g/mol. The summed E-state index contributed by atoms with van der Waals surface area (Å²) in [4.78, 5) is 29.0. The molecule has 2 aliphatic heterocycles. The van der Waals surface area contributed by atoms with Crippen LogP contribution in [0.2, 0.25) is 0 Å². The molecule has 1 atom stereocenters. The van der Waals surface area contributed by atoms with Crippen molar-refractivity contribution in [2.24, 2.45) is 5.92 Å². The molecular weight excluding hydrogens is 332 g/mol. The molecule has 1 unspecified atom stereocenters. The quantitative estimate of drug-likeness (QED) is 0.767. The average molecular weight is 360 g/mol. The highest BCUT2D eigenvalue weighted by atomic mass is 16.5. The Kier molecular flexibility index (Phi) is 6.11. The van der Waals surface area contributed by atoms with Crippen LogP contribution >= 0.6 is 0 Å². The standard InChI is InChI=1S/C19H28N4O3/c1-14-3-4-17(26-2)16(11-14)23-13-15(12-18(23)24)19(25)21-7-10-22-8-5-20-6-9-22/h3-4,11,15,20H,5-10,12-13H2,1-2H3,(H,21,25). The fourth-order valence-corrected chi connectivity index (χ4v) is 3.54. The van der Waals surface area contributed by atoms with E-state index in [2.05, 4.69) is 15.5 Å². The van der Waals surface area contributed by atoms with Gasteiger partial charge >= 0.3 is 0 Å². The van der Waals surface area contributed by atoms with E-state index in [1.54, 1.807) is 12.0 Å². The summed E-state index contributed by atoms with van der Waals surface area (Å²) in [7, 11) is 1.59. The second-order valence-corrected chi connectivity index (χ2v) is 6.96. The number of benzene rings is 1. The van der Waals surface area contributed by atoms with Crippen molar-refractivity contribution in [2.75, 3.05) is 57.8 Å². The Morgan fingerprint density at radius 3 is 2.85 bits per heavy atom. The zero-order chi connectivity index (χ0) is 18.5. The van der Waals surface area contributed by atoms with Crippen LogP contribution in [0.5, 0.6) is 5.75 Å². The van der Waals surface area contributed by atoms with Crippen LogP contribution in [0, 0.1) is 12.8 Å². The van der Waals surface area contributed by atoms with Gasteiger partial charge in [-0.1, -0.05) is 6.07 Å². The van der Waals surface area contributed by atoms with Gasteiger partial charge in [0.2, 0.25) is 11.8 Å². The molecule has 0 aromatic heterocycles. The molecule has 0 aliphatic carbocycles. The number of anilines is 1. The van der Waals surface area contributed by atoms with E-state index in [4.69, 9.17) is 4.74 Å². The van der Waals surface area contributed by atoms with E-state index in [9.17, 15) is 9.59 Å². The molecule has 0 spiro atoms. The first-order chi connectivity index (χ1) is 12.6. The number of carbonyl (C=O) groups is 2. The fourth-order valence-electron chi connectivity index (χ4n) is 3.54. The number of amides is 2. The number of aryl methyl sites for hydroxylation is 1. The van der Waals surface area contributed by atoms with Gasteiger partial charge in [-0.15, -0.1) is 0 Å². The van der Waals surface area contributed by atoms with Crippen LogP contribution < -0.4 is 20.3 Å². The van der Waals surface area contributed by atoms with E-state index in [-0.39, 0.29) is 24.2 Å². The first-order valence-electron chi connectivity index (χ1n) is 9.24. The van der Waals surface area contributed by atoms with Gasteiger partial charge in [-0.05, 0) is 24.6 Å². The minimum absolute atomic E-state index is 0.0313. The SMILES string of the molecule is COc1ccc(C)cc1N1CC(C(=O)NCCN2CCNCC2)CC1=O. The second kappa shape index (κ2) is 8.51. The normalized spacial score (nSPS) is 21.1. The number of hydrogen-bond donors (Lipinski definition) is 2. The topological polar surface area (TPSA) is 73.9 Å². The van der Waals surface area contributed by atoms with E-state index >= 15 is 0 Å². The molecule has 2 fully saturated rings. The summed E-state index contributed by atoms with van der Waals surface area (Å²) >= 11 is 0. The van der Waals surface area contributed by atoms with E-state index in [1.807, 2.05) is 25.1 Å². The van der Waals surface area contributed by atoms with Gasteiger partial charge in [0.15, 0.2) is 0 Å². The maximum Gasteiger partial charge on any atom is 0.227 e. The number of methoxy groups -OCH3 is 1. The van der Waals surface area contributed by atoms with Gasteiger partial charge in [0.25, 0.3) is 0 Å². The fraction of sp³-hybridized carbons (Fsp3) is 0.579. The Labute approximate surface area is 154 Å². The Bertz CT molecular complexity index is 658. The van der Waals surface area contributed by atoms with Crippen molar-refractivity contribution in [3.05, 3.63) is 23.8 Å². The molecule has 2 saturated heterocycles. The summed E-state index contributed by atoms with van der Waals surface area (Å²) in [5, 5.41) is 6.31. The largest absolute Gasteiger partial charge is 0.495 e. The van der Waals surface area contributed by atoms with Gasteiger partial charge in [0, 0.05) is 52.2 Å². The zero-order valence-corrected chi connectivity index (χ0v) is 15.6. The minimum Gasteiger partial charge on any atom is -0.495 e. The molecule has 7 nitrogen and oxygen atoms in total. The first kappa shape index (κ1) is 18.7. The number of rotatable bonds is 6. The maximum absolute atomic E-state index is 12.5. The third-order valence-electron chi connectivity index (χ3n) is 5.06. The molecule has 1 aromatic carbocycles. The van der Waals surface area contributed by atoms with E-state index in [1.165, 1.54) is 0 Å². The number of nitrogens with one attached hydrogen (secondary N) is 2. The number of nitrogens with zero attached hydrogens (tertiary/aromatic N) is 2. The summed E-state index contributed by atoms with van der Waals surface area (Å²) in [6.45, 7) is 7.87. The van der Waals surface area contributed by atoms with Crippen LogP contribution in [0.15, 0.2) is 18.2 Å². The molecule has 2 heterocycles. The van der Waals surface area contributed by atoms with Crippen molar-refractivity contribution in [3.63, 3.8) is 0 Å². The van der Waals surface area contributed by atoms with Gasteiger partial charge < -0.3 is 20.3 Å². The van der Waals surface area contributed by atoms with Crippen LogP contribution in [0.4, 0.5) is 5.69 Å². The molecule has 0 saturated carbocycles. The molecule has 0 radical (unpaired) electrons. The molecular formula is C19H28N4O3. The summed E-state index contributed by atoms with van der Waals surface area (Å²) < 4.78 is 5.38. The van der Waals surface area contributed by atoms with Gasteiger partial charge in [0.1, 0.15) is 5.75 Å². The van der Waals surface area contributed by atoms with Crippen LogP contribution in [0.1, 0.15) is 12.0 Å². The predicted molar refractivity (Wildman–Crippen MR) is 101 cm³/mol. The molecule has 0 bridgehead atoms. The lowest BCUT2D eigenvalue weighted by Gasteiger charge is -2.27. The highest BCUT2D eigenvalue weighted by Gasteiger charge is 2.36. The Balaban J connectivity index is 1.55. The van der Waals surface area contributed by atoms with Crippen molar-refractivity contribution in [1.29, 1.82) is 0 Å². The van der Waals surface area contributed by atoms with Gasteiger partial charge in [-0.2, -0.15) is 0 Å². The van der Waals surface area contributed by atoms with Crippen LogP contribution in [0.25, 0.3) is 0 Å². The molecule has 2 amide bonds. The van der Waals surface area contributed by atoms with E-state index in [0.29, 0.717) is 18.8 Å². The lowest BCUT2D eigenvalue weighted by molar-refractivity contribution is -0.126. The third-order valence-corrected chi connectivity index (χ3v) is 5.06. The summed E-state index contributed by atoms with van der Waals surface area (Å²) in [5.74, 6) is 0.276. The second-order valence-electron chi connectivity index (χ2n) is 6.96. The van der Waals surface area contributed by atoms with Crippen LogP contribution in [-0.2, 0) is 9.59 Å². The Hall–Kier alpha value is -2.12. The molecule has 7 heteroatoms. The molecule has 2 N–H and O–H groups in total. The molecule has 1 aromatic rings. The highest BCUT2D eigenvalue weighted by Crippen LogP contribution is 2.33. The van der Waals surface area contributed by atoms with E-state index in [0.717, 1.165) is 44.0 Å². The third kappa shape index (κ3) is 4.34. The number of hydrogen-bond acceptors (Lipinski definition) is 5. The number of carbonyl (C=O) groups excluding carboxylic acids is 2. The lowest BCUT2D eigenvalue weighted by Crippen LogP contribution is -2.46. The number of piperazine rings is 1. The van der Waals surface area contributed by atoms with Gasteiger partial charge in [-0.25, -0.2) is 0 Å². The Morgan fingerprint density at radius 2 is 2.12 bits per heavy atom. The highest BCUT2D eigenvalue weighted by molar-refractivity contribution is 6.01. The van der Waals surface area contributed by atoms with Crippen LogP contribution in [0.3, 0.4) is 0 Å². The smallest absolute Gasteiger partial charge is 0.227 e. The number of ether oxygens (including phenoxy) is 1. The molecule has 2 aliphatic rings. The molecule has 3 rings (SSSR count). The summed E-state index contributed by atoms with van der Waals surface area (Å²) in [6.07, 6.45) is 0.247. The van der Waals surface area contributed by atoms with Crippen LogP contribution in [-0.4, -0.2) is 69.6 Å². The van der Waals surface area contributed by atoms with Crippen molar-refractivity contribution in [3.8, 4) is 5.75 Å². The van der Waals surface area contributed by atoms with Gasteiger partial charge in [0.05, 0.1) is 18.7 Å². The zero-order valence-electron chi connectivity index (χ0n) is 15.6. The predicted octanol–water partition coefficient (Wildman–Crippen LogP) is 0.378. The van der Waals surface area contributed by atoms with Crippen molar-refractivity contribution in [1.82, 2.24) is 15.5 Å². The maximum atomic E-state index is 12.5. The molecule has 26 heavy (non-hydrogen) atoms. The van der Waals surface area contributed by atoms with E-state index < -0.39 is 0 Å². The van der Waals surface area contributed by atoms with Crippen molar-refractivity contribution < 1.29 is 14.3 Å². The lowest BCUT2D eigenvalue weighted by atomic mass is 10.1. The summed E-state index contributed by atoms with van der Waals surface area (Å²) in [6, 6.07) is 5.74. The van der Waals surface area contributed by atoms with Crippen molar-refractivity contribution in [2.45, 2.75) is 13.3 Å². The minimum atomic E-state index is -0.309. The van der Waals surface area contributed by atoms with Crippen molar-refractivity contribution >= 4 is 17.5 Å². The summed E-state index contributed by atoms with van der Waals surface area (Å²) in [5.41, 5.74) is 1.80. The average Bonchev–Trinajstić information content (AvgIpc) is 3.04. The van der Waals surface area contributed by atoms with Gasteiger partial charge in [-0.3, -0.25) is 14.5 Å². The molecule has 142 valence electrons.